The number of hydrogen-bond acceptors (Lipinski definition) is 5. The van der Waals surface area contributed by atoms with Crippen molar-refractivity contribution < 1.29 is 18.7 Å². The first-order valence-corrected chi connectivity index (χ1v) is 12.6. The zero-order valence-electron chi connectivity index (χ0n) is 21.0. The molecular weight excluding hydrogens is 471 g/mol. The minimum atomic E-state index is -0.432. The number of carbonyl (C=O) groups excluding carboxylic acids is 2. The van der Waals surface area contributed by atoms with Crippen molar-refractivity contribution in [2.24, 2.45) is 0 Å². The number of hydrogen-bond donors (Lipinski definition) is 2. The highest BCUT2D eigenvalue weighted by atomic mass is 19.1. The molecule has 3 aromatic rings. The molecule has 0 unspecified atom stereocenters. The molecular formula is C29H33FN4O3. The van der Waals surface area contributed by atoms with E-state index in [2.05, 4.69) is 15.6 Å². The van der Waals surface area contributed by atoms with Crippen LogP contribution >= 0.6 is 0 Å². The molecule has 2 amide bonds. The molecule has 1 aromatic heterocycles. The summed E-state index contributed by atoms with van der Waals surface area (Å²) in [7, 11) is 0. The fraction of sp³-hybridized carbons (Fsp3) is 0.345. The summed E-state index contributed by atoms with van der Waals surface area (Å²) in [5.74, 6) is -0.158. The lowest BCUT2D eigenvalue weighted by molar-refractivity contribution is -0.137. The van der Waals surface area contributed by atoms with Crippen LogP contribution in [0.4, 0.5) is 4.39 Å². The largest absolute Gasteiger partial charge is 0.493 e. The molecule has 2 heterocycles. The SMILES string of the molecule is CC(=O)N[C@@H](Cc1cc(F)cc(OCCc2ccncc2)c1)C[C@@H]1NCCN(Cc2ccccc2)C1=O. The summed E-state index contributed by atoms with van der Waals surface area (Å²) >= 11 is 0. The van der Waals surface area contributed by atoms with Gasteiger partial charge in [0.25, 0.3) is 0 Å². The second-order valence-corrected chi connectivity index (χ2v) is 9.34. The standard InChI is InChI=1S/C29H33FN4O3/c1-21(35)33-26(19-28-29(36)34(13-12-32-28)20-23-5-3-2-4-6-23)16-24-15-25(30)18-27(17-24)37-14-9-22-7-10-31-11-8-22/h2-8,10-11,15,17-18,26,28,32H,9,12-14,16,19-20H2,1H3,(H,33,35)/t26-,28-/m0/s1. The maximum atomic E-state index is 14.4. The molecule has 4 rings (SSSR count). The average Bonchev–Trinajstić information content (AvgIpc) is 2.87. The maximum absolute atomic E-state index is 14.4. The Morgan fingerprint density at radius 2 is 1.92 bits per heavy atom. The number of benzene rings is 2. The number of halogens is 1. The number of nitrogens with zero attached hydrogens (tertiary/aromatic N) is 2. The number of ether oxygens (including phenoxy) is 1. The van der Waals surface area contributed by atoms with Gasteiger partial charge >= 0.3 is 0 Å². The predicted octanol–water partition coefficient (Wildman–Crippen LogP) is 3.28. The monoisotopic (exact) mass is 504 g/mol. The number of amides is 2. The third-order valence-corrected chi connectivity index (χ3v) is 6.35. The molecule has 2 aromatic carbocycles. The van der Waals surface area contributed by atoms with Gasteiger partial charge in [-0.25, -0.2) is 4.39 Å². The first-order chi connectivity index (χ1) is 18.0. The van der Waals surface area contributed by atoms with Crippen LogP contribution in [0.1, 0.15) is 30.0 Å². The van der Waals surface area contributed by atoms with Crippen molar-refractivity contribution in [2.75, 3.05) is 19.7 Å². The molecule has 0 saturated carbocycles. The maximum Gasteiger partial charge on any atom is 0.240 e. The highest BCUT2D eigenvalue weighted by molar-refractivity contribution is 5.83. The second kappa shape index (κ2) is 13.0. The van der Waals surface area contributed by atoms with Crippen molar-refractivity contribution in [1.82, 2.24) is 20.5 Å². The van der Waals surface area contributed by atoms with E-state index in [0.29, 0.717) is 56.8 Å². The van der Waals surface area contributed by atoms with E-state index in [-0.39, 0.29) is 17.9 Å². The summed E-state index contributed by atoms with van der Waals surface area (Å²) < 4.78 is 20.2. The molecule has 194 valence electrons. The zero-order chi connectivity index (χ0) is 26.0. The van der Waals surface area contributed by atoms with Crippen LogP contribution < -0.4 is 15.4 Å². The van der Waals surface area contributed by atoms with Crippen LogP contribution in [-0.4, -0.2) is 53.5 Å². The van der Waals surface area contributed by atoms with Gasteiger partial charge in [-0.05, 0) is 53.8 Å². The summed E-state index contributed by atoms with van der Waals surface area (Å²) in [4.78, 5) is 31.0. The van der Waals surface area contributed by atoms with Crippen molar-refractivity contribution >= 4 is 11.8 Å². The van der Waals surface area contributed by atoms with Gasteiger partial charge in [0, 0.05) is 57.5 Å². The van der Waals surface area contributed by atoms with Gasteiger partial charge in [-0.3, -0.25) is 14.6 Å². The van der Waals surface area contributed by atoms with Crippen molar-refractivity contribution in [3.05, 3.63) is 95.6 Å². The van der Waals surface area contributed by atoms with E-state index in [1.54, 1.807) is 18.5 Å². The highest BCUT2D eigenvalue weighted by Crippen LogP contribution is 2.20. The van der Waals surface area contributed by atoms with Crippen LogP contribution in [0.3, 0.4) is 0 Å². The molecule has 1 aliphatic heterocycles. The van der Waals surface area contributed by atoms with E-state index in [4.69, 9.17) is 4.74 Å². The molecule has 37 heavy (non-hydrogen) atoms. The van der Waals surface area contributed by atoms with Crippen LogP contribution in [0, 0.1) is 5.82 Å². The zero-order valence-corrected chi connectivity index (χ0v) is 21.0. The normalized spacial score (nSPS) is 16.3. The molecule has 1 fully saturated rings. The van der Waals surface area contributed by atoms with Crippen molar-refractivity contribution in [2.45, 2.75) is 44.8 Å². The number of pyridine rings is 1. The number of carbonyl (C=O) groups is 2. The van der Waals surface area contributed by atoms with Crippen molar-refractivity contribution in [1.29, 1.82) is 0 Å². The molecule has 2 N–H and O–H groups in total. The van der Waals surface area contributed by atoms with Crippen LogP contribution in [0.15, 0.2) is 73.1 Å². The summed E-state index contributed by atoms with van der Waals surface area (Å²) in [5, 5.41) is 6.24. The molecule has 1 saturated heterocycles. The van der Waals surface area contributed by atoms with Crippen LogP contribution in [0.5, 0.6) is 5.75 Å². The van der Waals surface area contributed by atoms with Crippen LogP contribution in [0.2, 0.25) is 0 Å². The third kappa shape index (κ3) is 8.11. The minimum absolute atomic E-state index is 0.00447. The molecule has 0 spiro atoms. The molecule has 1 aliphatic rings. The number of piperazine rings is 1. The van der Waals surface area contributed by atoms with Gasteiger partial charge in [0.1, 0.15) is 11.6 Å². The average molecular weight is 505 g/mol. The van der Waals surface area contributed by atoms with E-state index >= 15 is 0 Å². The van der Waals surface area contributed by atoms with Crippen LogP contribution in [-0.2, 0) is 29.0 Å². The topological polar surface area (TPSA) is 83.6 Å². The molecule has 0 aliphatic carbocycles. The summed E-state index contributed by atoms with van der Waals surface area (Å²) in [6.45, 7) is 3.70. The van der Waals surface area contributed by atoms with Crippen molar-refractivity contribution in [3.8, 4) is 5.75 Å². The number of rotatable bonds is 11. The smallest absolute Gasteiger partial charge is 0.240 e. The number of aromatic nitrogens is 1. The van der Waals surface area contributed by atoms with Gasteiger partial charge in [-0.1, -0.05) is 30.3 Å². The predicted molar refractivity (Wildman–Crippen MR) is 139 cm³/mol. The van der Waals surface area contributed by atoms with Gasteiger partial charge in [0.05, 0.1) is 12.6 Å². The van der Waals surface area contributed by atoms with Gasteiger partial charge in [-0.15, -0.1) is 0 Å². The fourth-order valence-electron chi connectivity index (χ4n) is 4.64. The number of nitrogens with one attached hydrogen (secondary N) is 2. The highest BCUT2D eigenvalue weighted by Gasteiger charge is 2.31. The summed E-state index contributed by atoms with van der Waals surface area (Å²) in [6.07, 6.45) is 4.91. The Balaban J connectivity index is 1.39. The lowest BCUT2D eigenvalue weighted by Gasteiger charge is -2.35. The Morgan fingerprint density at radius 1 is 1.14 bits per heavy atom. The summed E-state index contributed by atoms with van der Waals surface area (Å²) in [6, 6.07) is 17.5. The quantitative estimate of drug-likeness (QED) is 0.419. The van der Waals surface area contributed by atoms with Gasteiger partial charge in [0.2, 0.25) is 11.8 Å². The van der Waals surface area contributed by atoms with E-state index in [0.717, 1.165) is 11.1 Å². The molecule has 8 heteroatoms. The third-order valence-electron chi connectivity index (χ3n) is 6.35. The van der Waals surface area contributed by atoms with Crippen molar-refractivity contribution in [3.63, 3.8) is 0 Å². The molecule has 0 radical (unpaired) electrons. The van der Waals surface area contributed by atoms with Gasteiger partial charge < -0.3 is 20.3 Å². The Hall–Kier alpha value is -3.78. The molecule has 0 bridgehead atoms. The Kier molecular flexibility index (Phi) is 9.21. The first-order valence-electron chi connectivity index (χ1n) is 12.6. The minimum Gasteiger partial charge on any atom is -0.493 e. The van der Waals surface area contributed by atoms with Gasteiger partial charge in [0.15, 0.2) is 0 Å². The lowest BCUT2D eigenvalue weighted by atomic mass is 9.97. The lowest BCUT2D eigenvalue weighted by Crippen LogP contribution is -2.56. The summed E-state index contributed by atoms with van der Waals surface area (Å²) in [5.41, 5.74) is 2.86. The first kappa shape index (κ1) is 26.3. The Bertz CT molecular complexity index is 1180. The van der Waals surface area contributed by atoms with E-state index < -0.39 is 11.9 Å². The van der Waals surface area contributed by atoms with E-state index in [9.17, 15) is 14.0 Å². The van der Waals surface area contributed by atoms with E-state index in [1.165, 1.54) is 19.1 Å². The molecule has 7 nitrogen and oxygen atoms in total. The van der Waals surface area contributed by atoms with E-state index in [1.807, 2.05) is 47.4 Å². The molecule has 2 atom stereocenters. The Morgan fingerprint density at radius 3 is 2.68 bits per heavy atom. The Labute approximate surface area is 217 Å². The van der Waals surface area contributed by atoms with Crippen LogP contribution in [0.25, 0.3) is 0 Å². The fourth-order valence-corrected chi connectivity index (χ4v) is 4.64. The van der Waals surface area contributed by atoms with Gasteiger partial charge in [-0.2, -0.15) is 0 Å². The second-order valence-electron chi connectivity index (χ2n) is 9.34.